The van der Waals surface area contributed by atoms with E-state index >= 15 is 0 Å². The number of hydrogen-bond donors (Lipinski definition) is 2. The number of H-pyrrole nitrogens is 1. The standard InChI is InChI=1S/C20H20N4O2/c1-26-16-9-7-15(8-10-16)19-17(11-21-23-19)20-22-18(25)13-24(20)12-14-5-3-2-4-6-14/h2-11,20H,12-13H2,1H3,(H,21,23)(H,22,25). The van der Waals surface area contributed by atoms with E-state index < -0.39 is 0 Å². The summed E-state index contributed by atoms with van der Waals surface area (Å²) in [6.07, 6.45) is 1.58. The molecular weight excluding hydrogens is 328 g/mol. The van der Waals surface area contributed by atoms with Gasteiger partial charge in [0.15, 0.2) is 0 Å². The molecule has 2 N–H and O–H groups in total. The Hall–Kier alpha value is -3.12. The molecule has 0 aliphatic carbocycles. The van der Waals surface area contributed by atoms with Gasteiger partial charge in [0.25, 0.3) is 0 Å². The molecule has 1 saturated heterocycles. The SMILES string of the molecule is COc1ccc(-c2[nH]ncc2C2NC(=O)CN2Cc2ccccc2)cc1. The average molecular weight is 348 g/mol. The van der Waals surface area contributed by atoms with Gasteiger partial charge in [0.2, 0.25) is 5.91 Å². The van der Waals surface area contributed by atoms with Gasteiger partial charge < -0.3 is 10.1 Å². The summed E-state index contributed by atoms with van der Waals surface area (Å²) in [6.45, 7) is 1.06. The lowest BCUT2D eigenvalue weighted by Gasteiger charge is -2.23. The third-order valence-electron chi connectivity index (χ3n) is 4.58. The number of hydrogen-bond acceptors (Lipinski definition) is 4. The number of rotatable bonds is 5. The lowest BCUT2D eigenvalue weighted by molar-refractivity contribution is -0.118. The fourth-order valence-electron chi connectivity index (χ4n) is 3.30. The summed E-state index contributed by atoms with van der Waals surface area (Å²) in [5.41, 5.74) is 4.03. The molecule has 0 bridgehead atoms. The second-order valence-electron chi connectivity index (χ2n) is 6.29. The Balaban J connectivity index is 1.63. The van der Waals surface area contributed by atoms with Gasteiger partial charge in [-0.2, -0.15) is 5.10 Å². The highest BCUT2D eigenvalue weighted by Gasteiger charge is 2.33. The number of amides is 1. The Morgan fingerprint density at radius 1 is 1.15 bits per heavy atom. The summed E-state index contributed by atoms with van der Waals surface area (Å²) in [4.78, 5) is 14.2. The van der Waals surface area contributed by atoms with E-state index in [1.54, 1.807) is 13.3 Å². The highest BCUT2D eigenvalue weighted by Crippen LogP contribution is 2.32. The molecule has 1 aliphatic heterocycles. The van der Waals surface area contributed by atoms with Crippen LogP contribution < -0.4 is 10.1 Å². The topological polar surface area (TPSA) is 70.2 Å². The van der Waals surface area contributed by atoms with Gasteiger partial charge in [-0.15, -0.1) is 0 Å². The van der Waals surface area contributed by atoms with E-state index in [1.807, 2.05) is 42.5 Å². The summed E-state index contributed by atoms with van der Waals surface area (Å²) < 4.78 is 5.22. The third-order valence-corrected chi connectivity index (χ3v) is 4.58. The molecule has 0 spiro atoms. The van der Waals surface area contributed by atoms with Gasteiger partial charge in [0, 0.05) is 17.7 Å². The Bertz CT molecular complexity index is 890. The molecule has 1 aromatic heterocycles. The highest BCUT2D eigenvalue weighted by atomic mass is 16.5. The zero-order chi connectivity index (χ0) is 17.9. The number of nitrogens with one attached hydrogen (secondary N) is 2. The van der Waals surface area contributed by atoms with E-state index in [0.29, 0.717) is 13.1 Å². The number of benzene rings is 2. The van der Waals surface area contributed by atoms with E-state index in [1.165, 1.54) is 5.56 Å². The first-order chi connectivity index (χ1) is 12.7. The molecule has 0 radical (unpaired) electrons. The predicted molar refractivity (Wildman–Crippen MR) is 98.3 cm³/mol. The van der Waals surface area contributed by atoms with Crippen LogP contribution in [0.25, 0.3) is 11.3 Å². The van der Waals surface area contributed by atoms with Gasteiger partial charge in [-0.3, -0.25) is 14.8 Å². The second kappa shape index (κ2) is 7.01. The van der Waals surface area contributed by atoms with Crippen LogP contribution in [0.1, 0.15) is 17.3 Å². The molecule has 3 aromatic rings. The second-order valence-corrected chi connectivity index (χ2v) is 6.29. The first-order valence-electron chi connectivity index (χ1n) is 8.49. The van der Waals surface area contributed by atoms with Crippen molar-refractivity contribution in [3.63, 3.8) is 0 Å². The smallest absolute Gasteiger partial charge is 0.235 e. The maximum atomic E-state index is 12.1. The minimum atomic E-state index is -0.210. The molecule has 26 heavy (non-hydrogen) atoms. The molecule has 2 heterocycles. The molecule has 1 fully saturated rings. The van der Waals surface area contributed by atoms with E-state index in [9.17, 15) is 4.79 Å². The zero-order valence-corrected chi connectivity index (χ0v) is 14.5. The third kappa shape index (κ3) is 3.19. The van der Waals surface area contributed by atoms with Crippen LogP contribution in [0.4, 0.5) is 0 Å². The molecular formula is C20H20N4O2. The van der Waals surface area contributed by atoms with Crippen molar-refractivity contribution >= 4 is 5.91 Å². The van der Waals surface area contributed by atoms with Crippen molar-refractivity contribution in [2.24, 2.45) is 0 Å². The molecule has 4 rings (SSSR count). The van der Waals surface area contributed by atoms with E-state index in [4.69, 9.17) is 4.74 Å². The predicted octanol–water partition coefficient (Wildman–Crippen LogP) is 2.72. The maximum absolute atomic E-state index is 12.1. The number of ether oxygens (including phenoxy) is 1. The Kier molecular flexibility index (Phi) is 4.41. The quantitative estimate of drug-likeness (QED) is 0.744. The van der Waals surface area contributed by atoms with Crippen molar-refractivity contribution in [1.82, 2.24) is 20.4 Å². The zero-order valence-electron chi connectivity index (χ0n) is 14.5. The number of carbonyl (C=O) groups excluding carboxylic acids is 1. The van der Waals surface area contributed by atoms with Gasteiger partial charge in [-0.25, -0.2) is 0 Å². The molecule has 2 aromatic carbocycles. The van der Waals surface area contributed by atoms with Crippen LogP contribution >= 0.6 is 0 Å². The van der Waals surface area contributed by atoms with Gasteiger partial charge in [0.1, 0.15) is 11.9 Å². The van der Waals surface area contributed by atoms with Crippen LogP contribution in [0.5, 0.6) is 5.75 Å². The molecule has 1 atom stereocenters. The first-order valence-corrected chi connectivity index (χ1v) is 8.49. The van der Waals surface area contributed by atoms with E-state index in [0.717, 1.165) is 22.6 Å². The number of methoxy groups -OCH3 is 1. The van der Waals surface area contributed by atoms with Crippen molar-refractivity contribution in [1.29, 1.82) is 0 Å². The van der Waals surface area contributed by atoms with Crippen molar-refractivity contribution in [3.8, 4) is 17.0 Å². The number of nitrogens with zero attached hydrogens (tertiary/aromatic N) is 2. The lowest BCUT2D eigenvalue weighted by atomic mass is 10.1. The normalized spacial score (nSPS) is 17.3. The van der Waals surface area contributed by atoms with Crippen LogP contribution in [0.2, 0.25) is 0 Å². The molecule has 0 saturated carbocycles. The highest BCUT2D eigenvalue weighted by molar-refractivity contribution is 5.81. The summed E-state index contributed by atoms with van der Waals surface area (Å²) in [5, 5.41) is 10.3. The van der Waals surface area contributed by atoms with Crippen molar-refractivity contribution < 1.29 is 9.53 Å². The van der Waals surface area contributed by atoms with Gasteiger partial charge in [0.05, 0.1) is 25.5 Å². The fourth-order valence-corrected chi connectivity index (χ4v) is 3.30. The van der Waals surface area contributed by atoms with Crippen LogP contribution in [0.3, 0.4) is 0 Å². The first kappa shape index (κ1) is 16.4. The Morgan fingerprint density at radius 2 is 1.92 bits per heavy atom. The number of aromatic amines is 1. The minimum absolute atomic E-state index is 0.0211. The lowest BCUT2D eigenvalue weighted by Crippen LogP contribution is -2.27. The van der Waals surface area contributed by atoms with Crippen LogP contribution in [-0.4, -0.2) is 34.7 Å². The monoisotopic (exact) mass is 348 g/mol. The number of carbonyl (C=O) groups is 1. The molecule has 1 amide bonds. The minimum Gasteiger partial charge on any atom is -0.497 e. The molecule has 132 valence electrons. The average Bonchev–Trinajstić information content (AvgIpc) is 3.29. The van der Waals surface area contributed by atoms with Gasteiger partial charge in [-0.1, -0.05) is 30.3 Å². The summed E-state index contributed by atoms with van der Waals surface area (Å²) in [7, 11) is 1.64. The summed E-state index contributed by atoms with van der Waals surface area (Å²) >= 11 is 0. The van der Waals surface area contributed by atoms with Gasteiger partial charge in [-0.05, 0) is 29.8 Å². The Labute approximate surface area is 151 Å². The summed E-state index contributed by atoms with van der Waals surface area (Å²) in [6, 6.07) is 17.9. The molecule has 1 unspecified atom stereocenters. The number of aromatic nitrogens is 2. The van der Waals surface area contributed by atoms with Crippen LogP contribution in [-0.2, 0) is 11.3 Å². The van der Waals surface area contributed by atoms with Crippen molar-refractivity contribution in [2.45, 2.75) is 12.7 Å². The van der Waals surface area contributed by atoms with Crippen molar-refractivity contribution in [2.75, 3.05) is 13.7 Å². The largest absolute Gasteiger partial charge is 0.497 e. The van der Waals surface area contributed by atoms with Crippen LogP contribution in [0.15, 0.2) is 60.8 Å². The van der Waals surface area contributed by atoms with Crippen molar-refractivity contribution in [3.05, 3.63) is 71.9 Å². The van der Waals surface area contributed by atoms with E-state index in [2.05, 4.69) is 32.5 Å². The molecule has 6 nitrogen and oxygen atoms in total. The van der Waals surface area contributed by atoms with E-state index in [-0.39, 0.29) is 12.1 Å². The maximum Gasteiger partial charge on any atom is 0.235 e. The summed E-state index contributed by atoms with van der Waals surface area (Å²) in [5.74, 6) is 0.822. The molecule has 6 heteroatoms. The molecule has 1 aliphatic rings. The Morgan fingerprint density at radius 3 is 2.65 bits per heavy atom. The fraction of sp³-hybridized carbons (Fsp3) is 0.200. The van der Waals surface area contributed by atoms with Gasteiger partial charge >= 0.3 is 0 Å². The van der Waals surface area contributed by atoms with Crippen LogP contribution in [0, 0.1) is 0 Å².